The van der Waals surface area contributed by atoms with Gasteiger partial charge in [0.2, 0.25) is 0 Å². The molecular weight excluding hydrogens is 128 g/mol. The summed E-state index contributed by atoms with van der Waals surface area (Å²) in [4.78, 5) is 0. The van der Waals surface area contributed by atoms with E-state index in [1.54, 1.807) is 0 Å². The van der Waals surface area contributed by atoms with Crippen LogP contribution in [-0.4, -0.2) is 16.0 Å². The molecule has 0 aromatic heterocycles. The molecule has 1 aliphatic carbocycles. The zero-order valence-corrected chi connectivity index (χ0v) is 6.34. The predicted molar refractivity (Wildman–Crippen MR) is 39.5 cm³/mol. The summed E-state index contributed by atoms with van der Waals surface area (Å²) < 4.78 is 0. The topological polar surface area (TPSA) is 40.5 Å². The molecule has 0 aromatic rings. The summed E-state index contributed by atoms with van der Waals surface area (Å²) in [5, 5.41) is 18.5. The van der Waals surface area contributed by atoms with E-state index in [1.165, 1.54) is 6.42 Å². The minimum Gasteiger partial charge on any atom is -0.366 e. The van der Waals surface area contributed by atoms with E-state index < -0.39 is 5.79 Å². The lowest BCUT2D eigenvalue weighted by molar-refractivity contribution is -0.173. The van der Waals surface area contributed by atoms with Crippen molar-refractivity contribution in [3.8, 4) is 0 Å². The van der Waals surface area contributed by atoms with Crippen LogP contribution < -0.4 is 0 Å². The second-order valence-corrected chi connectivity index (χ2v) is 3.25. The molecule has 0 atom stereocenters. The summed E-state index contributed by atoms with van der Waals surface area (Å²) in [5.74, 6) is -1.35. The fourth-order valence-electron chi connectivity index (χ4n) is 1.47. The third kappa shape index (κ3) is 2.67. The molecule has 1 fully saturated rings. The third-order valence-electron chi connectivity index (χ3n) is 2.15. The van der Waals surface area contributed by atoms with E-state index in [0.717, 1.165) is 25.7 Å². The Morgan fingerprint density at radius 3 is 1.60 bits per heavy atom. The van der Waals surface area contributed by atoms with E-state index in [9.17, 15) is 10.2 Å². The van der Waals surface area contributed by atoms with Gasteiger partial charge in [0, 0.05) is 12.8 Å². The number of aliphatic hydroxyl groups is 2. The Kier molecular flexibility index (Phi) is 2.69. The molecule has 0 heterocycles. The lowest BCUT2D eigenvalue weighted by Crippen LogP contribution is -2.28. The van der Waals surface area contributed by atoms with Crippen molar-refractivity contribution >= 4 is 0 Å². The summed E-state index contributed by atoms with van der Waals surface area (Å²) in [6.45, 7) is 0. The Morgan fingerprint density at radius 1 is 0.700 bits per heavy atom. The van der Waals surface area contributed by atoms with Crippen LogP contribution in [0.1, 0.15) is 44.9 Å². The van der Waals surface area contributed by atoms with Gasteiger partial charge in [-0.15, -0.1) is 0 Å². The molecule has 0 unspecified atom stereocenters. The van der Waals surface area contributed by atoms with E-state index in [-0.39, 0.29) is 0 Å². The molecule has 0 aliphatic heterocycles. The van der Waals surface area contributed by atoms with Gasteiger partial charge in [-0.3, -0.25) is 0 Å². The highest BCUT2D eigenvalue weighted by Crippen LogP contribution is 2.23. The molecule has 0 aromatic carbocycles. The Morgan fingerprint density at radius 2 is 1.10 bits per heavy atom. The molecule has 10 heavy (non-hydrogen) atoms. The van der Waals surface area contributed by atoms with Gasteiger partial charge in [0.25, 0.3) is 0 Å². The Labute approximate surface area is 61.9 Å². The molecule has 1 rings (SSSR count). The monoisotopic (exact) mass is 144 g/mol. The van der Waals surface area contributed by atoms with Crippen LogP contribution in [0.5, 0.6) is 0 Å². The SMILES string of the molecule is OC1(O)CCCCCCC1. The van der Waals surface area contributed by atoms with Crippen molar-refractivity contribution in [2.75, 3.05) is 0 Å². The highest BCUT2D eigenvalue weighted by atomic mass is 16.5. The average molecular weight is 144 g/mol. The zero-order chi connectivity index (χ0) is 7.45. The van der Waals surface area contributed by atoms with E-state index in [1.807, 2.05) is 0 Å². The van der Waals surface area contributed by atoms with Crippen molar-refractivity contribution < 1.29 is 10.2 Å². The molecule has 1 aliphatic rings. The maximum atomic E-state index is 9.24. The Hall–Kier alpha value is -0.0800. The third-order valence-corrected chi connectivity index (χ3v) is 2.15. The minimum absolute atomic E-state index is 0.562. The van der Waals surface area contributed by atoms with Gasteiger partial charge >= 0.3 is 0 Å². The Bertz CT molecular complexity index is 89.4. The van der Waals surface area contributed by atoms with Gasteiger partial charge in [-0.1, -0.05) is 19.3 Å². The molecular formula is C8H16O2. The van der Waals surface area contributed by atoms with Gasteiger partial charge in [-0.25, -0.2) is 0 Å². The first-order valence-corrected chi connectivity index (χ1v) is 4.15. The van der Waals surface area contributed by atoms with Crippen LogP contribution in [0.15, 0.2) is 0 Å². The van der Waals surface area contributed by atoms with Crippen molar-refractivity contribution in [2.24, 2.45) is 0 Å². The van der Waals surface area contributed by atoms with Crippen LogP contribution in [0.3, 0.4) is 0 Å². The van der Waals surface area contributed by atoms with Gasteiger partial charge < -0.3 is 10.2 Å². The van der Waals surface area contributed by atoms with Crippen molar-refractivity contribution in [1.29, 1.82) is 0 Å². The van der Waals surface area contributed by atoms with Crippen LogP contribution in [0.25, 0.3) is 0 Å². The molecule has 2 N–H and O–H groups in total. The number of hydrogen-bond acceptors (Lipinski definition) is 2. The zero-order valence-electron chi connectivity index (χ0n) is 6.34. The standard InChI is InChI=1S/C8H16O2/c9-8(10)6-4-2-1-3-5-7-8/h9-10H,1-7H2. The summed E-state index contributed by atoms with van der Waals surface area (Å²) in [7, 11) is 0. The lowest BCUT2D eigenvalue weighted by Gasteiger charge is -2.23. The maximum absolute atomic E-state index is 9.24. The summed E-state index contributed by atoms with van der Waals surface area (Å²) in [6.07, 6.45) is 6.63. The number of hydrogen-bond donors (Lipinski definition) is 2. The molecule has 1 saturated carbocycles. The first kappa shape index (κ1) is 8.02. The lowest BCUT2D eigenvalue weighted by atomic mass is 9.96. The first-order chi connectivity index (χ1) is 4.71. The fourth-order valence-corrected chi connectivity index (χ4v) is 1.47. The molecule has 0 amide bonds. The second-order valence-electron chi connectivity index (χ2n) is 3.25. The average Bonchev–Trinajstić information content (AvgIpc) is 1.81. The summed E-state index contributed by atoms with van der Waals surface area (Å²) >= 11 is 0. The highest BCUT2D eigenvalue weighted by Gasteiger charge is 2.22. The van der Waals surface area contributed by atoms with Crippen LogP contribution in [0.2, 0.25) is 0 Å². The molecule has 60 valence electrons. The van der Waals surface area contributed by atoms with Crippen LogP contribution in [-0.2, 0) is 0 Å². The molecule has 2 heteroatoms. The second kappa shape index (κ2) is 3.35. The maximum Gasteiger partial charge on any atom is 0.162 e. The minimum atomic E-state index is -1.35. The van der Waals surface area contributed by atoms with Crippen molar-refractivity contribution in [1.82, 2.24) is 0 Å². The van der Waals surface area contributed by atoms with Crippen LogP contribution in [0, 0.1) is 0 Å². The van der Waals surface area contributed by atoms with Gasteiger partial charge in [0.05, 0.1) is 0 Å². The predicted octanol–water partition coefficient (Wildman–Crippen LogP) is 1.41. The molecule has 0 bridgehead atoms. The van der Waals surface area contributed by atoms with E-state index >= 15 is 0 Å². The molecule has 0 saturated heterocycles. The quantitative estimate of drug-likeness (QED) is 0.505. The molecule has 0 radical (unpaired) electrons. The van der Waals surface area contributed by atoms with E-state index in [0.29, 0.717) is 12.8 Å². The summed E-state index contributed by atoms with van der Waals surface area (Å²) in [6, 6.07) is 0. The Balaban J connectivity index is 2.30. The van der Waals surface area contributed by atoms with Gasteiger partial charge in [-0.2, -0.15) is 0 Å². The van der Waals surface area contributed by atoms with Crippen molar-refractivity contribution in [3.63, 3.8) is 0 Å². The van der Waals surface area contributed by atoms with Crippen LogP contribution >= 0.6 is 0 Å². The van der Waals surface area contributed by atoms with Gasteiger partial charge in [0.1, 0.15) is 0 Å². The van der Waals surface area contributed by atoms with E-state index in [4.69, 9.17) is 0 Å². The van der Waals surface area contributed by atoms with Crippen LogP contribution in [0.4, 0.5) is 0 Å². The smallest absolute Gasteiger partial charge is 0.162 e. The van der Waals surface area contributed by atoms with Crippen molar-refractivity contribution in [3.05, 3.63) is 0 Å². The normalized spacial score (nSPS) is 27.0. The van der Waals surface area contributed by atoms with Gasteiger partial charge in [-0.05, 0) is 12.8 Å². The molecule has 2 nitrogen and oxygen atoms in total. The first-order valence-electron chi connectivity index (χ1n) is 4.15. The fraction of sp³-hybridized carbons (Fsp3) is 1.00. The van der Waals surface area contributed by atoms with Crippen molar-refractivity contribution in [2.45, 2.75) is 50.7 Å². The van der Waals surface area contributed by atoms with Gasteiger partial charge in [0.15, 0.2) is 5.79 Å². The number of rotatable bonds is 0. The summed E-state index contributed by atoms with van der Waals surface area (Å²) in [5.41, 5.74) is 0. The largest absolute Gasteiger partial charge is 0.366 e. The van der Waals surface area contributed by atoms with E-state index in [2.05, 4.69) is 0 Å². The molecule has 0 spiro atoms. The highest BCUT2D eigenvalue weighted by molar-refractivity contribution is 4.67.